The number of aryl methyl sites for hydroxylation is 2. The molecule has 1 aliphatic carbocycles. The Labute approximate surface area is 106 Å². The van der Waals surface area contributed by atoms with E-state index in [0.29, 0.717) is 6.54 Å². The van der Waals surface area contributed by atoms with Crippen LogP contribution in [0.15, 0.2) is 24.3 Å². The molecule has 0 radical (unpaired) electrons. The summed E-state index contributed by atoms with van der Waals surface area (Å²) < 4.78 is 0. The fraction of sp³-hybridized carbons (Fsp3) is 0.357. The number of hydrogen-bond donors (Lipinski definition) is 1. The van der Waals surface area contributed by atoms with Crippen LogP contribution in [0.4, 0.5) is 0 Å². The van der Waals surface area contributed by atoms with Crippen molar-refractivity contribution < 1.29 is 0 Å². The third-order valence-corrected chi connectivity index (χ3v) is 3.36. The lowest BCUT2D eigenvalue weighted by atomic mass is 10.0. The van der Waals surface area contributed by atoms with Crippen molar-refractivity contribution in [2.75, 3.05) is 0 Å². The van der Waals surface area contributed by atoms with E-state index in [9.17, 15) is 0 Å². The second kappa shape index (κ2) is 4.82. The number of nitrogens with zero attached hydrogens (tertiary/aromatic N) is 3. The molecule has 0 saturated carbocycles. The van der Waals surface area contributed by atoms with Gasteiger partial charge in [-0.3, -0.25) is 0 Å². The summed E-state index contributed by atoms with van der Waals surface area (Å²) in [4.78, 5) is 4.63. The Balaban J connectivity index is 1.95. The highest BCUT2D eigenvalue weighted by atomic mass is 15.2. The van der Waals surface area contributed by atoms with E-state index in [0.717, 1.165) is 41.2 Å². The van der Waals surface area contributed by atoms with Gasteiger partial charge in [0.2, 0.25) is 0 Å². The molecular weight excluding hydrogens is 224 g/mol. The normalized spacial score (nSPS) is 14.3. The molecule has 0 fully saturated rings. The highest BCUT2D eigenvalue weighted by molar-refractivity contribution is 5.55. The zero-order valence-corrected chi connectivity index (χ0v) is 10.3. The minimum Gasteiger partial charge on any atom is -0.326 e. The maximum absolute atomic E-state index is 5.59. The first-order chi connectivity index (χ1) is 8.86. The van der Waals surface area contributed by atoms with Gasteiger partial charge in [-0.1, -0.05) is 24.3 Å². The van der Waals surface area contributed by atoms with E-state index in [1.165, 1.54) is 12.8 Å². The summed E-state index contributed by atoms with van der Waals surface area (Å²) in [6.45, 7) is 0.559. The Morgan fingerprint density at radius 3 is 2.39 bits per heavy atom. The Bertz CT molecular complexity index is 548. The molecule has 18 heavy (non-hydrogen) atoms. The van der Waals surface area contributed by atoms with Crippen molar-refractivity contribution in [3.63, 3.8) is 0 Å². The average Bonchev–Trinajstić information content (AvgIpc) is 2.47. The van der Waals surface area contributed by atoms with Crippen molar-refractivity contribution in [1.82, 2.24) is 15.2 Å². The van der Waals surface area contributed by atoms with Crippen LogP contribution in [0.2, 0.25) is 0 Å². The largest absolute Gasteiger partial charge is 0.326 e. The predicted octanol–water partition coefficient (Wildman–Crippen LogP) is 1.88. The lowest BCUT2D eigenvalue weighted by Gasteiger charge is -2.13. The average molecular weight is 240 g/mol. The van der Waals surface area contributed by atoms with E-state index in [1.54, 1.807) is 0 Å². The fourth-order valence-corrected chi connectivity index (χ4v) is 2.27. The van der Waals surface area contributed by atoms with Gasteiger partial charge in [0.1, 0.15) is 0 Å². The van der Waals surface area contributed by atoms with Crippen LogP contribution >= 0.6 is 0 Å². The quantitative estimate of drug-likeness (QED) is 0.870. The van der Waals surface area contributed by atoms with Crippen molar-refractivity contribution in [3.05, 3.63) is 41.2 Å². The van der Waals surface area contributed by atoms with Crippen LogP contribution in [0.25, 0.3) is 11.4 Å². The number of nitrogens with two attached hydrogens (primary N) is 1. The number of hydrogen-bond acceptors (Lipinski definition) is 4. The second-order valence-electron chi connectivity index (χ2n) is 4.64. The summed E-state index contributed by atoms with van der Waals surface area (Å²) in [5, 5.41) is 8.53. The van der Waals surface area contributed by atoms with Gasteiger partial charge >= 0.3 is 0 Å². The number of benzene rings is 1. The van der Waals surface area contributed by atoms with Gasteiger partial charge in [-0.25, -0.2) is 4.98 Å². The molecule has 0 atom stereocenters. The fourth-order valence-electron chi connectivity index (χ4n) is 2.27. The van der Waals surface area contributed by atoms with Crippen LogP contribution in [-0.2, 0) is 19.4 Å². The Morgan fingerprint density at radius 1 is 0.944 bits per heavy atom. The minimum absolute atomic E-state index is 0.559. The first-order valence-corrected chi connectivity index (χ1v) is 6.38. The molecule has 1 heterocycles. The molecule has 1 aromatic heterocycles. The monoisotopic (exact) mass is 240 g/mol. The number of fused-ring (bicyclic) bond motifs is 1. The second-order valence-corrected chi connectivity index (χ2v) is 4.64. The van der Waals surface area contributed by atoms with E-state index >= 15 is 0 Å². The van der Waals surface area contributed by atoms with Crippen LogP contribution in [0.1, 0.15) is 29.8 Å². The summed E-state index contributed by atoms with van der Waals surface area (Å²) in [6, 6.07) is 8.04. The highest BCUT2D eigenvalue weighted by Crippen LogP contribution is 2.20. The molecule has 2 aromatic rings. The van der Waals surface area contributed by atoms with Crippen molar-refractivity contribution in [2.45, 2.75) is 32.2 Å². The lowest BCUT2D eigenvalue weighted by molar-refractivity contribution is 0.634. The molecule has 1 aromatic carbocycles. The molecule has 2 N–H and O–H groups in total. The molecule has 0 saturated heterocycles. The first kappa shape index (κ1) is 11.3. The zero-order chi connectivity index (χ0) is 12.4. The highest BCUT2D eigenvalue weighted by Gasteiger charge is 2.14. The Morgan fingerprint density at radius 2 is 1.67 bits per heavy atom. The smallest absolute Gasteiger partial charge is 0.182 e. The standard InChI is InChI=1S/C14H16N4/c15-9-10-5-7-11(8-6-10)14-16-12-3-1-2-4-13(12)17-18-14/h5-8H,1-4,9,15H2. The van der Waals surface area contributed by atoms with E-state index in [4.69, 9.17) is 5.73 Å². The van der Waals surface area contributed by atoms with E-state index in [-0.39, 0.29) is 0 Å². The third kappa shape index (κ3) is 2.11. The molecule has 3 rings (SSSR count). The van der Waals surface area contributed by atoms with Crippen LogP contribution in [0.3, 0.4) is 0 Å². The molecule has 0 amide bonds. The summed E-state index contributed by atoms with van der Waals surface area (Å²) >= 11 is 0. The molecular formula is C14H16N4. The summed E-state index contributed by atoms with van der Waals surface area (Å²) in [7, 11) is 0. The Hall–Kier alpha value is -1.81. The molecule has 92 valence electrons. The maximum Gasteiger partial charge on any atom is 0.182 e. The number of aromatic nitrogens is 3. The maximum atomic E-state index is 5.59. The van der Waals surface area contributed by atoms with Crippen molar-refractivity contribution in [2.24, 2.45) is 5.73 Å². The summed E-state index contributed by atoms with van der Waals surface area (Å²) in [5.41, 5.74) is 9.90. The topological polar surface area (TPSA) is 64.7 Å². The van der Waals surface area contributed by atoms with Gasteiger partial charge < -0.3 is 5.73 Å². The number of rotatable bonds is 2. The lowest BCUT2D eigenvalue weighted by Crippen LogP contribution is -2.10. The first-order valence-electron chi connectivity index (χ1n) is 6.38. The predicted molar refractivity (Wildman–Crippen MR) is 69.8 cm³/mol. The summed E-state index contributed by atoms with van der Waals surface area (Å²) in [6.07, 6.45) is 4.45. The molecule has 0 unspecified atom stereocenters. The van der Waals surface area contributed by atoms with Crippen molar-refractivity contribution in [3.8, 4) is 11.4 Å². The van der Waals surface area contributed by atoms with E-state index < -0.39 is 0 Å². The van der Waals surface area contributed by atoms with Crippen LogP contribution in [0, 0.1) is 0 Å². The molecule has 1 aliphatic rings. The van der Waals surface area contributed by atoms with Gasteiger partial charge in [0.05, 0.1) is 11.4 Å². The van der Waals surface area contributed by atoms with Gasteiger partial charge in [0, 0.05) is 12.1 Å². The SMILES string of the molecule is NCc1ccc(-c2nnc3c(n2)CCCC3)cc1. The van der Waals surface area contributed by atoms with Gasteiger partial charge in [-0.2, -0.15) is 5.10 Å². The molecule has 0 spiro atoms. The Kier molecular flexibility index (Phi) is 3.02. The molecule has 4 nitrogen and oxygen atoms in total. The summed E-state index contributed by atoms with van der Waals surface area (Å²) in [5.74, 6) is 0.722. The van der Waals surface area contributed by atoms with Crippen molar-refractivity contribution >= 4 is 0 Å². The van der Waals surface area contributed by atoms with E-state index in [1.807, 2.05) is 24.3 Å². The molecule has 0 aliphatic heterocycles. The van der Waals surface area contributed by atoms with E-state index in [2.05, 4.69) is 15.2 Å². The van der Waals surface area contributed by atoms with Crippen molar-refractivity contribution in [1.29, 1.82) is 0 Å². The van der Waals surface area contributed by atoms with Gasteiger partial charge in [-0.15, -0.1) is 5.10 Å². The third-order valence-electron chi connectivity index (χ3n) is 3.36. The van der Waals surface area contributed by atoms with Gasteiger partial charge in [-0.05, 0) is 31.2 Å². The van der Waals surface area contributed by atoms with Gasteiger partial charge in [0.15, 0.2) is 5.82 Å². The van der Waals surface area contributed by atoms with Crippen LogP contribution in [0.5, 0.6) is 0 Å². The molecule has 0 bridgehead atoms. The minimum atomic E-state index is 0.559. The van der Waals surface area contributed by atoms with Crippen LogP contribution < -0.4 is 5.73 Å². The zero-order valence-electron chi connectivity index (χ0n) is 10.3. The van der Waals surface area contributed by atoms with Gasteiger partial charge in [0.25, 0.3) is 0 Å². The van der Waals surface area contributed by atoms with Crippen LogP contribution in [-0.4, -0.2) is 15.2 Å². The molecule has 4 heteroatoms.